The van der Waals surface area contributed by atoms with Crippen LogP contribution in [0, 0.1) is 12.7 Å². The first-order valence-corrected chi connectivity index (χ1v) is 7.86. The van der Waals surface area contributed by atoms with Crippen LogP contribution in [0.4, 0.5) is 4.39 Å². The Labute approximate surface area is 126 Å². The van der Waals surface area contributed by atoms with Crippen LogP contribution in [0.1, 0.15) is 48.5 Å². The van der Waals surface area contributed by atoms with Gasteiger partial charge in [-0.25, -0.2) is 4.39 Å². The second-order valence-electron chi connectivity index (χ2n) is 5.95. The summed E-state index contributed by atoms with van der Waals surface area (Å²) in [6.45, 7) is 6.90. The molecule has 1 aliphatic heterocycles. The van der Waals surface area contributed by atoms with E-state index < -0.39 is 0 Å². The van der Waals surface area contributed by atoms with Crippen LogP contribution >= 0.6 is 0 Å². The fraction of sp³-hybridized carbons (Fsp3) is 0.588. The maximum absolute atomic E-state index is 13.0. The summed E-state index contributed by atoms with van der Waals surface area (Å²) >= 11 is 0. The molecule has 1 aliphatic rings. The van der Waals surface area contributed by atoms with Crippen molar-refractivity contribution in [3.63, 3.8) is 0 Å². The van der Waals surface area contributed by atoms with Gasteiger partial charge in [0.1, 0.15) is 5.82 Å². The zero-order valence-corrected chi connectivity index (χ0v) is 13.0. The number of nitrogens with zero attached hydrogens (tertiary/aromatic N) is 1. The smallest absolute Gasteiger partial charge is 0.251 e. The Balaban J connectivity index is 1.74. The fourth-order valence-corrected chi connectivity index (χ4v) is 2.95. The van der Waals surface area contributed by atoms with Crippen LogP contribution in [-0.4, -0.2) is 36.5 Å². The lowest BCUT2D eigenvalue weighted by Crippen LogP contribution is -2.39. The molecule has 1 N–H and O–H groups in total. The van der Waals surface area contributed by atoms with Crippen LogP contribution in [0.25, 0.3) is 0 Å². The molecule has 1 saturated heterocycles. The number of nitrogens with one attached hydrogen (secondary N) is 1. The van der Waals surface area contributed by atoms with Gasteiger partial charge < -0.3 is 10.2 Å². The van der Waals surface area contributed by atoms with Crippen molar-refractivity contribution in [2.24, 2.45) is 0 Å². The molecule has 0 aliphatic carbocycles. The van der Waals surface area contributed by atoms with Gasteiger partial charge >= 0.3 is 0 Å². The minimum absolute atomic E-state index is 0.112. The highest BCUT2D eigenvalue weighted by Gasteiger charge is 2.17. The van der Waals surface area contributed by atoms with Crippen LogP contribution in [-0.2, 0) is 0 Å². The van der Waals surface area contributed by atoms with E-state index in [-0.39, 0.29) is 11.7 Å². The molecule has 3 nitrogen and oxygen atoms in total. The highest BCUT2D eigenvalue weighted by atomic mass is 19.1. The molecule has 2 rings (SSSR count). The van der Waals surface area contributed by atoms with Crippen LogP contribution in [0.2, 0.25) is 0 Å². The number of carbonyl (C=O) groups excluding carboxylic acids is 1. The summed E-state index contributed by atoms with van der Waals surface area (Å²) in [6, 6.07) is 4.93. The van der Waals surface area contributed by atoms with E-state index in [1.807, 2.05) is 0 Å². The summed E-state index contributed by atoms with van der Waals surface area (Å²) < 4.78 is 13.0. The third-order valence-electron chi connectivity index (χ3n) is 4.28. The Morgan fingerprint density at radius 1 is 1.43 bits per heavy atom. The van der Waals surface area contributed by atoms with Gasteiger partial charge in [0.25, 0.3) is 5.91 Å². The SMILES string of the molecule is Cc1cc(F)ccc1C(=O)NCCCN1CCCCC1C. The third-order valence-corrected chi connectivity index (χ3v) is 4.28. The van der Waals surface area contributed by atoms with Gasteiger partial charge in [0.2, 0.25) is 0 Å². The molecular formula is C17H25FN2O. The Kier molecular flexibility index (Phi) is 5.74. The Morgan fingerprint density at radius 2 is 2.24 bits per heavy atom. The summed E-state index contributed by atoms with van der Waals surface area (Å²) in [4.78, 5) is 14.5. The average molecular weight is 292 g/mol. The lowest BCUT2D eigenvalue weighted by molar-refractivity contribution is 0.0948. The van der Waals surface area contributed by atoms with Crippen molar-refractivity contribution in [3.05, 3.63) is 35.1 Å². The molecule has 116 valence electrons. The van der Waals surface area contributed by atoms with Crippen molar-refractivity contribution >= 4 is 5.91 Å². The van der Waals surface area contributed by atoms with Crippen molar-refractivity contribution in [2.75, 3.05) is 19.6 Å². The Hall–Kier alpha value is -1.42. The van der Waals surface area contributed by atoms with Crippen LogP contribution in [0.5, 0.6) is 0 Å². The molecule has 1 aromatic carbocycles. The second kappa shape index (κ2) is 7.55. The number of likely N-dealkylation sites (tertiary alicyclic amines) is 1. The van der Waals surface area contributed by atoms with E-state index in [0.717, 1.165) is 13.0 Å². The molecule has 0 spiro atoms. The standard InChI is InChI=1S/C17H25FN2O/c1-13-12-15(18)7-8-16(13)17(21)19-9-5-11-20-10-4-3-6-14(20)2/h7-8,12,14H,3-6,9-11H2,1-2H3,(H,19,21). The number of benzene rings is 1. The first-order valence-electron chi connectivity index (χ1n) is 7.86. The summed E-state index contributed by atoms with van der Waals surface area (Å²) in [5.74, 6) is -0.415. The lowest BCUT2D eigenvalue weighted by atomic mass is 10.0. The molecule has 1 atom stereocenters. The highest BCUT2D eigenvalue weighted by molar-refractivity contribution is 5.95. The molecule has 1 unspecified atom stereocenters. The topological polar surface area (TPSA) is 32.3 Å². The number of aryl methyl sites for hydroxylation is 1. The minimum Gasteiger partial charge on any atom is -0.352 e. The van der Waals surface area contributed by atoms with Crippen LogP contribution in [0.3, 0.4) is 0 Å². The summed E-state index contributed by atoms with van der Waals surface area (Å²) in [5, 5.41) is 2.93. The predicted molar refractivity (Wildman–Crippen MR) is 83.0 cm³/mol. The largest absolute Gasteiger partial charge is 0.352 e. The van der Waals surface area contributed by atoms with Crippen LogP contribution in [0.15, 0.2) is 18.2 Å². The van der Waals surface area contributed by atoms with Gasteiger partial charge in [-0.2, -0.15) is 0 Å². The lowest BCUT2D eigenvalue weighted by Gasteiger charge is -2.33. The second-order valence-corrected chi connectivity index (χ2v) is 5.95. The Bertz CT molecular complexity index is 490. The van der Waals surface area contributed by atoms with E-state index in [1.54, 1.807) is 13.0 Å². The highest BCUT2D eigenvalue weighted by Crippen LogP contribution is 2.16. The molecule has 1 fully saturated rings. The number of carbonyl (C=O) groups is 1. The first-order chi connectivity index (χ1) is 10.1. The van der Waals surface area contributed by atoms with E-state index in [2.05, 4.69) is 17.1 Å². The van der Waals surface area contributed by atoms with Gasteiger partial charge in [0, 0.05) is 24.7 Å². The quantitative estimate of drug-likeness (QED) is 0.846. The van der Waals surface area contributed by atoms with Gasteiger partial charge in [-0.05, 0) is 63.4 Å². The number of amides is 1. The van der Waals surface area contributed by atoms with Crippen molar-refractivity contribution < 1.29 is 9.18 Å². The predicted octanol–water partition coefficient (Wildman–Crippen LogP) is 3.13. The number of rotatable bonds is 5. The minimum atomic E-state index is -0.303. The van der Waals surface area contributed by atoms with E-state index in [9.17, 15) is 9.18 Å². The average Bonchev–Trinajstić information content (AvgIpc) is 2.45. The van der Waals surface area contributed by atoms with Gasteiger partial charge in [-0.1, -0.05) is 6.42 Å². The normalized spacial score (nSPS) is 19.5. The molecule has 4 heteroatoms. The third kappa shape index (κ3) is 4.53. The van der Waals surface area contributed by atoms with Gasteiger partial charge in [-0.15, -0.1) is 0 Å². The molecule has 0 bridgehead atoms. The molecular weight excluding hydrogens is 267 g/mol. The molecule has 21 heavy (non-hydrogen) atoms. The van der Waals surface area contributed by atoms with Gasteiger partial charge in [-0.3, -0.25) is 4.79 Å². The van der Waals surface area contributed by atoms with Gasteiger partial charge in [0.05, 0.1) is 0 Å². The Morgan fingerprint density at radius 3 is 2.95 bits per heavy atom. The van der Waals surface area contributed by atoms with E-state index in [1.165, 1.54) is 37.9 Å². The fourth-order valence-electron chi connectivity index (χ4n) is 2.95. The summed E-state index contributed by atoms with van der Waals surface area (Å²) in [5.41, 5.74) is 1.24. The maximum atomic E-state index is 13.0. The molecule has 1 amide bonds. The van der Waals surface area contributed by atoms with Crippen molar-refractivity contribution in [3.8, 4) is 0 Å². The first kappa shape index (κ1) is 16.0. The number of halogens is 1. The van der Waals surface area contributed by atoms with E-state index in [0.29, 0.717) is 23.7 Å². The summed E-state index contributed by atoms with van der Waals surface area (Å²) in [7, 11) is 0. The number of hydrogen-bond acceptors (Lipinski definition) is 2. The van der Waals surface area contributed by atoms with Crippen LogP contribution < -0.4 is 5.32 Å². The summed E-state index contributed by atoms with van der Waals surface area (Å²) in [6.07, 6.45) is 4.85. The number of hydrogen-bond donors (Lipinski definition) is 1. The van der Waals surface area contributed by atoms with Crippen molar-refractivity contribution in [2.45, 2.75) is 45.6 Å². The zero-order valence-electron chi connectivity index (χ0n) is 13.0. The zero-order chi connectivity index (χ0) is 15.2. The maximum Gasteiger partial charge on any atom is 0.251 e. The number of piperidine rings is 1. The molecule has 1 aromatic rings. The molecule has 0 aromatic heterocycles. The van der Waals surface area contributed by atoms with Crippen molar-refractivity contribution in [1.29, 1.82) is 0 Å². The van der Waals surface area contributed by atoms with Crippen molar-refractivity contribution in [1.82, 2.24) is 10.2 Å². The van der Waals surface area contributed by atoms with E-state index >= 15 is 0 Å². The molecule has 0 radical (unpaired) electrons. The van der Waals surface area contributed by atoms with E-state index in [4.69, 9.17) is 0 Å². The monoisotopic (exact) mass is 292 g/mol. The molecule has 1 heterocycles. The van der Waals surface area contributed by atoms with Gasteiger partial charge in [0.15, 0.2) is 0 Å². The molecule has 0 saturated carbocycles.